The summed E-state index contributed by atoms with van der Waals surface area (Å²) in [4.78, 5) is 16.9. The second-order valence-electron chi connectivity index (χ2n) is 8.40. The first-order valence-electron chi connectivity index (χ1n) is 10.6. The highest BCUT2D eigenvalue weighted by Crippen LogP contribution is 2.30. The fourth-order valence-electron chi connectivity index (χ4n) is 3.97. The topological polar surface area (TPSA) is 69.7 Å². The van der Waals surface area contributed by atoms with E-state index in [0.29, 0.717) is 17.8 Å². The van der Waals surface area contributed by atoms with E-state index in [1.165, 1.54) is 12.1 Å². The Morgan fingerprint density at radius 1 is 1.12 bits per heavy atom. The number of rotatable bonds is 8. The molecule has 3 rings (SSSR count). The van der Waals surface area contributed by atoms with E-state index >= 15 is 0 Å². The Morgan fingerprint density at radius 3 is 2.29 bits per heavy atom. The third kappa shape index (κ3) is 7.89. The van der Waals surface area contributed by atoms with Gasteiger partial charge in [-0.05, 0) is 61.3 Å². The average Bonchev–Trinajstić information content (AvgIpc) is 3.23. The number of hydrogen-bond acceptors (Lipinski definition) is 4. The number of nitrogens with zero attached hydrogens (tertiary/aromatic N) is 2. The molecule has 1 heterocycles. The maximum absolute atomic E-state index is 13.1. The fourth-order valence-corrected chi connectivity index (χ4v) is 4.52. The maximum Gasteiger partial charge on any atom is 0.416 e. The van der Waals surface area contributed by atoms with E-state index in [0.717, 1.165) is 49.9 Å². The van der Waals surface area contributed by atoms with Gasteiger partial charge in [-0.3, -0.25) is 9.52 Å². The number of carbonyl (C=O) groups excluding carboxylic acids is 1. The van der Waals surface area contributed by atoms with Crippen LogP contribution in [0.25, 0.3) is 0 Å². The van der Waals surface area contributed by atoms with E-state index in [-0.39, 0.29) is 30.8 Å². The molecule has 0 spiro atoms. The molecular formula is C23H29ClF3N3O3S. The molecular weight excluding hydrogens is 491 g/mol. The minimum atomic E-state index is -4.43. The molecule has 1 amide bonds. The van der Waals surface area contributed by atoms with Crippen molar-refractivity contribution in [1.82, 2.24) is 9.80 Å². The van der Waals surface area contributed by atoms with E-state index in [1.807, 2.05) is 6.07 Å². The lowest BCUT2D eigenvalue weighted by molar-refractivity contribution is -0.137. The summed E-state index contributed by atoms with van der Waals surface area (Å²) in [7, 11) is -1.78. The second kappa shape index (κ2) is 11.4. The molecule has 2 aromatic rings. The van der Waals surface area contributed by atoms with Crippen LogP contribution in [-0.2, 0) is 27.4 Å². The highest BCUT2D eigenvalue weighted by molar-refractivity contribution is 7.92. The number of anilines is 1. The zero-order chi connectivity index (χ0) is 24.2. The van der Waals surface area contributed by atoms with E-state index in [9.17, 15) is 26.4 Å². The van der Waals surface area contributed by atoms with Crippen molar-refractivity contribution in [3.63, 3.8) is 0 Å². The van der Waals surface area contributed by atoms with Crippen molar-refractivity contribution in [2.75, 3.05) is 37.7 Å². The van der Waals surface area contributed by atoms with Crippen molar-refractivity contribution in [3.05, 3.63) is 65.2 Å². The maximum atomic E-state index is 13.1. The third-order valence-corrected chi connectivity index (χ3v) is 6.31. The second-order valence-corrected chi connectivity index (χ2v) is 10.1. The Labute approximate surface area is 204 Å². The zero-order valence-corrected chi connectivity index (χ0v) is 20.6. The first kappa shape index (κ1) is 27.9. The molecule has 188 valence electrons. The summed E-state index contributed by atoms with van der Waals surface area (Å²) >= 11 is 0. The van der Waals surface area contributed by atoms with E-state index in [1.54, 1.807) is 30.1 Å². The molecule has 2 aromatic carbocycles. The summed E-state index contributed by atoms with van der Waals surface area (Å²) < 4.78 is 64.2. The van der Waals surface area contributed by atoms with Gasteiger partial charge in [0.25, 0.3) is 0 Å². The molecule has 0 unspecified atom stereocenters. The molecule has 11 heteroatoms. The molecule has 0 bridgehead atoms. The number of benzene rings is 2. The van der Waals surface area contributed by atoms with Gasteiger partial charge in [-0.2, -0.15) is 13.2 Å². The molecule has 34 heavy (non-hydrogen) atoms. The van der Waals surface area contributed by atoms with Gasteiger partial charge < -0.3 is 9.80 Å². The Hall–Kier alpha value is -2.30. The lowest BCUT2D eigenvalue weighted by Gasteiger charge is -2.32. The quantitative estimate of drug-likeness (QED) is 0.563. The average molecular weight is 520 g/mol. The van der Waals surface area contributed by atoms with Gasteiger partial charge in [0.2, 0.25) is 15.9 Å². The number of carbonyl (C=O) groups is 1. The van der Waals surface area contributed by atoms with Crippen molar-refractivity contribution >= 4 is 34.0 Å². The van der Waals surface area contributed by atoms with Gasteiger partial charge in [0.05, 0.1) is 24.3 Å². The van der Waals surface area contributed by atoms with Crippen molar-refractivity contribution in [2.45, 2.75) is 31.5 Å². The molecule has 1 aliphatic heterocycles. The predicted molar refractivity (Wildman–Crippen MR) is 128 cm³/mol. The zero-order valence-electron chi connectivity index (χ0n) is 19.0. The first-order valence-corrected chi connectivity index (χ1v) is 12.5. The Kier molecular flexibility index (Phi) is 9.38. The van der Waals surface area contributed by atoms with Crippen molar-refractivity contribution in [1.29, 1.82) is 0 Å². The van der Waals surface area contributed by atoms with Crippen LogP contribution in [0.15, 0.2) is 48.5 Å². The Balaban J connectivity index is 0.00000408. The predicted octanol–water partition coefficient (Wildman–Crippen LogP) is 4.34. The summed E-state index contributed by atoms with van der Waals surface area (Å²) in [5.41, 5.74) is 0.922. The van der Waals surface area contributed by atoms with E-state index < -0.39 is 21.8 Å². The molecule has 1 atom stereocenters. The van der Waals surface area contributed by atoms with Gasteiger partial charge in [0.1, 0.15) is 0 Å². The summed E-state index contributed by atoms with van der Waals surface area (Å²) in [6.45, 7) is 2.41. The smallest absolute Gasteiger partial charge is 0.337 e. The standard InChI is InChI=1S/C23H28F3N3O3S.ClH/c1-28(22(30)14-17-8-10-19(11-9-17)23(24,25)26)21(16-29-12-3-4-13-29)18-6-5-7-20(15-18)27-33(2,31)32;/h5-11,15,21,27H,3-4,12-14,16H2,1-2H3;1H/t21-;/m1./s1. The molecule has 0 aromatic heterocycles. The van der Waals surface area contributed by atoms with Crippen LogP contribution in [0.4, 0.5) is 18.9 Å². The van der Waals surface area contributed by atoms with Gasteiger partial charge in [0.15, 0.2) is 0 Å². The molecule has 0 aliphatic carbocycles. The summed E-state index contributed by atoms with van der Waals surface area (Å²) in [5, 5.41) is 0. The van der Waals surface area contributed by atoms with Crippen molar-refractivity contribution in [3.8, 4) is 0 Å². The van der Waals surface area contributed by atoms with Crippen molar-refractivity contribution in [2.24, 2.45) is 0 Å². The number of sulfonamides is 1. The molecule has 6 nitrogen and oxygen atoms in total. The molecule has 1 N–H and O–H groups in total. The molecule has 0 radical (unpaired) electrons. The van der Waals surface area contributed by atoms with Crippen molar-refractivity contribution < 1.29 is 26.4 Å². The highest BCUT2D eigenvalue weighted by Gasteiger charge is 2.30. The van der Waals surface area contributed by atoms with Crippen LogP contribution in [0, 0.1) is 0 Å². The molecule has 0 saturated carbocycles. The van der Waals surface area contributed by atoms with Gasteiger partial charge in [-0.1, -0.05) is 24.3 Å². The number of nitrogens with one attached hydrogen (secondary N) is 1. The van der Waals surface area contributed by atoms with Crippen LogP contribution >= 0.6 is 12.4 Å². The van der Waals surface area contributed by atoms with Gasteiger partial charge in [-0.25, -0.2) is 8.42 Å². The van der Waals surface area contributed by atoms with Gasteiger partial charge in [0, 0.05) is 19.3 Å². The van der Waals surface area contributed by atoms with Crippen LogP contribution < -0.4 is 4.72 Å². The van der Waals surface area contributed by atoms with Gasteiger partial charge in [-0.15, -0.1) is 12.4 Å². The van der Waals surface area contributed by atoms with Crippen LogP contribution in [-0.4, -0.2) is 57.1 Å². The lowest BCUT2D eigenvalue weighted by atomic mass is 10.0. The molecule has 1 fully saturated rings. The number of amides is 1. The largest absolute Gasteiger partial charge is 0.416 e. The lowest BCUT2D eigenvalue weighted by Crippen LogP contribution is -2.39. The van der Waals surface area contributed by atoms with Crippen LogP contribution in [0.3, 0.4) is 0 Å². The number of alkyl halides is 3. The Morgan fingerprint density at radius 2 is 1.74 bits per heavy atom. The Bertz CT molecular complexity index is 1070. The van der Waals surface area contributed by atoms with Crippen LogP contribution in [0.2, 0.25) is 0 Å². The van der Waals surface area contributed by atoms with Crippen LogP contribution in [0.1, 0.15) is 35.6 Å². The minimum Gasteiger partial charge on any atom is -0.337 e. The minimum absolute atomic E-state index is 0. The summed E-state index contributed by atoms with van der Waals surface area (Å²) in [5.74, 6) is -0.236. The summed E-state index contributed by atoms with van der Waals surface area (Å²) in [6.07, 6.45) is -1.24. The monoisotopic (exact) mass is 519 g/mol. The number of likely N-dealkylation sites (tertiary alicyclic amines) is 1. The first-order chi connectivity index (χ1) is 15.4. The third-order valence-electron chi connectivity index (χ3n) is 5.70. The molecule has 1 saturated heterocycles. The van der Waals surface area contributed by atoms with E-state index in [4.69, 9.17) is 0 Å². The molecule has 1 aliphatic rings. The number of halogens is 4. The highest BCUT2D eigenvalue weighted by atomic mass is 35.5. The number of hydrogen-bond donors (Lipinski definition) is 1. The number of likely N-dealkylation sites (N-methyl/N-ethyl adjacent to an activating group) is 1. The fraction of sp³-hybridized carbons (Fsp3) is 0.435. The van der Waals surface area contributed by atoms with Crippen LogP contribution in [0.5, 0.6) is 0 Å². The van der Waals surface area contributed by atoms with E-state index in [2.05, 4.69) is 9.62 Å². The SMILES string of the molecule is CN(C(=O)Cc1ccc(C(F)(F)F)cc1)[C@H](CN1CCCC1)c1cccc(NS(C)(=O)=O)c1.Cl. The normalized spacial score (nSPS) is 15.4. The summed E-state index contributed by atoms with van der Waals surface area (Å²) in [6, 6.07) is 11.2. The van der Waals surface area contributed by atoms with Gasteiger partial charge >= 0.3 is 6.18 Å².